The minimum atomic E-state index is -4.69. The van der Waals surface area contributed by atoms with Gasteiger partial charge in [-0.25, -0.2) is 4.90 Å². The number of hydrogen-bond donors (Lipinski definition) is 1. The summed E-state index contributed by atoms with van der Waals surface area (Å²) in [5, 5.41) is 2.82. The van der Waals surface area contributed by atoms with Gasteiger partial charge in [-0.3, -0.25) is 23.7 Å². The van der Waals surface area contributed by atoms with Crippen molar-refractivity contribution in [3.63, 3.8) is 0 Å². The highest BCUT2D eigenvalue weighted by Gasteiger charge is 2.57. The summed E-state index contributed by atoms with van der Waals surface area (Å²) in [4.78, 5) is 54.7. The van der Waals surface area contributed by atoms with Gasteiger partial charge in [0.1, 0.15) is 11.8 Å². The average Bonchev–Trinajstić information content (AvgIpc) is 3.41. The second-order valence-electron chi connectivity index (χ2n) is 9.95. The molecule has 1 fully saturated rings. The van der Waals surface area contributed by atoms with Gasteiger partial charge in [0.2, 0.25) is 17.7 Å². The number of anilines is 2. The van der Waals surface area contributed by atoms with Crippen molar-refractivity contribution in [1.29, 1.82) is 0 Å². The topological polar surface area (TPSA) is 88.5 Å². The van der Waals surface area contributed by atoms with E-state index in [9.17, 15) is 32.3 Å². The van der Waals surface area contributed by atoms with E-state index in [1.165, 1.54) is 22.8 Å². The van der Waals surface area contributed by atoms with Crippen molar-refractivity contribution < 1.29 is 27.6 Å². The van der Waals surface area contributed by atoms with Crippen molar-refractivity contribution in [2.45, 2.75) is 28.9 Å². The first kappa shape index (κ1) is 30.7. The van der Waals surface area contributed by atoms with E-state index in [-0.39, 0.29) is 10.7 Å². The smallest absolute Gasteiger partial charge is 0.324 e. The number of carbonyl (C=O) groups is 3. The highest BCUT2D eigenvalue weighted by molar-refractivity contribution is 8.00. The van der Waals surface area contributed by atoms with Gasteiger partial charge in [0.15, 0.2) is 0 Å². The molecule has 3 amide bonds. The zero-order valence-electron chi connectivity index (χ0n) is 21.9. The van der Waals surface area contributed by atoms with E-state index in [4.69, 9.17) is 34.8 Å². The van der Waals surface area contributed by atoms with Crippen LogP contribution in [0.1, 0.15) is 21.9 Å². The van der Waals surface area contributed by atoms with E-state index in [1.54, 1.807) is 30.3 Å². The average molecular weight is 699 g/mol. The van der Waals surface area contributed by atoms with E-state index in [0.29, 0.717) is 31.2 Å². The first-order valence-corrected chi connectivity index (χ1v) is 15.6. The molecule has 0 spiro atoms. The van der Waals surface area contributed by atoms with Gasteiger partial charge in [-0.1, -0.05) is 76.1 Å². The summed E-state index contributed by atoms with van der Waals surface area (Å²) < 4.78 is 41.7. The van der Waals surface area contributed by atoms with Gasteiger partial charge in [0, 0.05) is 21.5 Å². The summed E-state index contributed by atoms with van der Waals surface area (Å²) in [6, 6.07) is 15.0. The zero-order chi connectivity index (χ0) is 31.5. The zero-order valence-corrected chi connectivity index (χ0v) is 25.8. The van der Waals surface area contributed by atoms with Crippen LogP contribution in [0.4, 0.5) is 24.5 Å². The molecule has 3 atom stereocenters. The van der Waals surface area contributed by atoms with E-state index in [2.05, 4.69) is 5.32 Å². The van der Waals surface area contributed by atoms with E-state index in [0.717, 1.165) is 46.2 Å². The van der Waals surface area contributed by atoms with E-state index in [1.807, 2.05) is 0 Å². The molecule has 1 saturated heterocycles. The van der Waals surface area contributed by atoms with Crippen LogP contribution in [0.5, 0.6) is 0 Å². The van der Waals surface area contributed by atoms with Crippen molar-refractivity contribution in [2.75, 3.05) is 10.2 Å². The maximum Gasteiger partial charge on any atom is 0.416 e. The molecule has 44 heavy (non-hydrogen) atoms. The third kappa shape index (κ3) is 5.54. The largest absolute Gasteiger partial charge is 0.416 e. The number of thiazole rings is 1. The first-order chi connectivity index (χ1) is 20.8. The van der Waals surface area contributed by atoms with Crippen LogP contribution < -0.4 is 15.1 Å². The molecule has 0 radical (unpaired) electrons. The highest BCUT2D eigenvalue weighted by Crippen LogP contribution is 2.54. The van der Waals surface area contributed by atoms with Gasteiger partial charge >= 0.3 is 11.0 Å². The first-order valence-electron chi connectivity index (χ1n) is 12.8. The van der Waals surface area contributed by atoms with Gasteiger partial charge < -0.3 is 5.32 Å². The number of halogens is 6. The molecule has 1 aromatic heterocycles. The molecule has 7 nitrogen and oxygen atoms in total. The third-order valence-electron chi connectivity index (χ3n) is 7.22. The number of thioether (sulfide) groups is 1. The van der Waals surface area contributed by atoms with Crippen LogP contribution in [-0.2, 0) is 27.1 Å². The fourth-order valence-electron chi connectivity index (χ4n) is 5.28. The molecule has 4 aromatic rings. The van der Waals surface area contributed by atoms with E-state index < -0.39 is 58.0 Å². The van der Waals surface area contributed by atoms with Crippen LogP contribution in [0.2, 0.25) is 15.1 Å². The molecule has 6 rings (SSSR count). The molecule has 226 valence electrons. The van der Waals surface area contributed by atoms with Gasteiger partial charge in [-0.05, 0) is 54.1 Å². The summed E-state index contributed by atoms with van der Waals surface area (Å²) >= 11 is 19.9. The van der Waals surface area contributed by atoms with E-state index >= 15 is 0 Å². The van der Waals surface area contributed by atoms with Crippen LogP contribution in [-0.4, -0.2) is 27.5 Å². The predicted octanol–water partition coefficient (Wildman–Crippen LogP) is 7.32. The van der Waals surface area contributed by atoms with Gasteiger partial charge in [0.05, 0.1) is 32.2 Å². The lowest BCUT2D eigenvalue weighted by Crippen LogP contribution is -2.33. The number of nitrogens with one attached hydrogen (secondary N) is 1. The molecule has 3 aromatic carbocycles. The Bertz CT molecular complexity index is 1900. The van der Waals surface area contributed by atoms with Crippen LogP contribution >= 0.6 is 57.9 Å². The molecule has 3 heterocycles. The molecular formula is C29H17Cl3F3N3O4S2. The fourth-order valence-corrected chi connectivity index (χ4v) is 8.48. The molecule has 1 N–H and O–H groups in total. The Hall–Kier alpha value is -3.29. The summed E-state index contributed by atoms with van der Waals surface area (Å²) in [7, 11) is 0. The van der Waals surface area contributed by atoms with Crippen LogP contribution in [0.25, 0.3) is 0 Å². The second kappa shape index (κ2) is 11.6. The monoisotopic (exact) mass is 697 g/mol. The van der Waals surface area contributed by atoms with Crippen LogP contribution in [0, 0.1) is 5.92 Å². The van der Waals surface area contributed by atoms with Crippen molar-refractivity contribution in [1.82, 2.24) is 4.57 Å². The van der Waals surface area contributed by atoms with Crippen LogP contribution in [0.3, 0.4) is 0 Å². The summed E-state index contributed by atoms with van der Waals surface area (Å²) in [6.07, 6.45) is -4.69. The Balaban J connectivity index is 1.40. The predicted molar refractivity (Wildman–Crippen MR) is 164 cm³/mol. The molecule has 0 saturated carbocycles. The maximum atomic E-state index is 13.9. The Morgan fingerprint density at radius 2 is 1.64 bits per heavy atom. The Morgan fingerprint density at radius 1 is 0.909 bits per heavy atom. The number of amides is 3. The lowest BCUT2D eigenvalue weighted by Gasteiger charge is -2.30. The second-order valence-corrected chi connectivity index (χ2v) is 13.3. The highest BCUT2D eigenvalue weighted by atomic mass is 35.5. The standard InChI is InChI=1S/C29H17Cl3F3N3O4S2/c30-15-6-4-13(5-7-15)21-22-23(26(41)38(25(22)40)17-3-1-2-14(10-17)29(33,34)35)43-27-24(21)44-28(42)37(27)12-20(39)36-16-8-9-18(31)19(32)11-16/h1-11,21-23H,12H2,(H,36,39). The molecule has 2 aliphatic rings. The number of aromatic nitrogens is 1. The maximum absolute atomic E-state index is 13.9. The van der Waals surface area contributed by atoms with Gasteiger partial charge in [-0.15, -0.1) is 0 Å². The Morgan fingerprint density at radius 3 is 2.32 bits per heavy atom. The summed E-state index contributed by atoms with van der Waals surface area (Å²) in [6.45, 7) is -0.415. The minimum Gasteiger partial charge on any atom is -0.324 e. The van der Waals surface area contributed by atoms with Crippen molar-refractivity contribution in [3.8, 4) is 0 Å². The lowest BCUT2D eigenvalue weighted by molar-refractivity contribution is -0.137. The summed E-state index contributed by atoms with van der Waals surface area (Å²) in [5.41, 5.74) is -0.289. The van der Waals surface area contributed by atoms with Crippen LogP contribution in [0.15, 0.2) is 76.6 Å². The third-order valence-corrected chi connectivity index (χ3v) is 10.8. The lowest BCUT2D eigenvalue weighted by atomic mass is 9.83. The molecule has 0 aliphatic carbocycles. The number of nitrogens with zero attached hydrogens (tertiary/aromatic N) is 2. The number of rotatable bonds is 5. The molecule has 2 aliphatic heterocycles. The number of hydrogen-bond acceptors (Lipinski definition) is 6. The fraction of sp³-hybridized carbons (Fsp3) is 0.172. The number of alkyl halides is 3. The SMILES string of the molecule is O=C(Cn1c2c(sc1=O)C(c1ccc(Cl)cc1)C1C(=O)N(c3cccc(C(F)(F)F)c3)C(=O)C1S2)Nc1ccc(Cl)c(Cl)c1. The number of benzene rings is 3. The number of imide groups is 1. The van der Waals surface area contributed by atoms with Crippen molar-refractivity contribution in [2.24, 2.45) is 5.92 Å². The minimum absolute atomic E-state index is 0.207. The quantitative estimate of drug-likeness (QED) is 0.221. The number of carbonyl (C=O) groups excluding carboxylic acids is 3. The molecular weight excluding hydrogens is 682 g/mol. The normalized spacial score (nSPS) is 19.6. The Kier molecular flexibility index (Phi) is 8.08. The number of fused-ring (bicyclic) bond motifs is 2. The van der Waals surface area contributed by atoms with Gasteiger partial charge in [-0.2, -0.15) is 13.2 Å². The molecule has 3 unspecified atom stereocenters. The Labute approximate surface area is 270 Å². The summed E-state index contributed by atoms with van der Waals surface area (Å²) in [5.74, 6) is -3.82. The van der Waals surface area contributed by atoms with Crippen molar-refractivity contribution >= 4 is 87.0 Å². The van der Waals surface area contributed by atoms with Crippen molar-refractivity contribution in [3.05, 3.63) is 107 Å². The van der Waals surface area contributed by atoms with Gasteiger partial charge in [0.25, 0.3) is 0 Å². The molecule has 15 heteroatoms. The molecule has 0 bridgehead atoms.